The van der Waals surface area contributed by atoms with Crippen molar-refractivity contribution >= 4 is 22.6 Å². The molecule has 0 aliphatic carbocycles. The van der Waals surface area contributed by atoms with Gasteiger partial charge in [0.05, 0.1) is 17.6 Å². The number of likely N-dealkylation sites (N-methyl/N-ethyl adjacent to an activating group) is 1. The van der Waals surface area contributed by atoms with Crippen molar-refractivity contribution in [1.82, 2.24) is 14.9 Å². The first-order valence-electron chi connectivity index (χ1n) is 8.16. The predicted molar refractivity (Wildman–Crippen MR) is 96.4 cm³/mol. The molecule has 0 fully saturated rings. The number of aromatic nitrogens is 2. The Morgan fingerprint density at radius 2 is 1.92 bits per heavy atom. The number of nitrogens with zero attached hydrogens (tertiary/aromatic N) is 1. The summed E-state index contributed by atoms with van der Waals surface area (Å²) in [7, 11) is 1.87. The van der Waals surface area contributed by atoms with Crippen molar-refractivity contribution < 1.29 is 14.3 Å². The summed E-state index contributed by atoms with van der Waals surface area (Å²) in [6.07, 6.45) is 0. The lowest BCUT2D eigenvalue weighted by Gasteiger charge is -2.16. The molecule has 0 unspecified atom stereocenters. The van der Waals surface area contributed by atoms with Gasteiger partial charge in [-0.25, -0.2) is 4.79 Å². The van der Waals surface area contributed by atoms with E-state index in [0.717, 1.165) is 17.1 Å². The second-order valence-electron chi connectivity index (χ2n) is 6.25. The largest absolute Gasteiger partial charge is 0.454 e. The summed E-state index contributed by atoms with van der Waals surface area (Å²) in [4.78, 5) is 30.8. The first kappa shape index (κ1) is 16.2. The smallest absolute Gasteiger partial charge is 0.323 e. The molecule has 2 heterocycles. The zero-order chi connectivity index (χ0) is 18.1. The van der Waals surface area contributed by atoms with Crippen molar-refractivity contribution in [2.45, 2.75) is 6.54 Å². The maximum absolute atomic E-state index is 12.3. The van der Waals surface area contributed by atoms with Gasteiger partial charge in [-0.3, -0.25) is 9.69 Å². The van der Waals surface area contributed by atoms with E-state index < -0.39 is 0 Å². The lowest BCUT2D eigenvalue weighted by Crippen LogP contribution is -2.29. The number of imidazole rings is 1. The molecular formula is C18H18N4O4. The summed E-state index contributed by atoms with van der Waals surface area (Å²) < 4.78 is 10.7. The molecule has 0 saturated heterocycles. The van der Waals surface area contributed by atoms with E-state index in [0.29, 0.717) is 23.3 Å². The van der Waals surface area contributed by atoms with E-state index in [2.05, 4.69) is 15.3 Å². The average Bonchev–Trinajstić information content (AvgIpc) is 3.18. The van der Waals surface area contributed by atoms with E-state index in [-0.39, 0.29) is 24.9 Å². The maximum atomic E-state index is 12.3. The van der Waals surface area contributed by atoms with Crippen LogP contribution in [0.15, 0.2) is 41.2 Å². The second kappa shape index (κ2) is 6.57. The Morgan fingerprint density at radius 1 is 1.12 bits per heavy atom. The molecular weight excluding hydrogens is 336 g/mol. The number of carbonyl (C=O) groups is 1. The first-order valence-corrected chi connectivity index (χ1v) is 8.16. The number of anilines is 1. The van der Waals surface area contributed by atoms with E-state index in [1.807, 2.05) is 30.1 Å². The Kier molecular flexibility index (Phi) is 4.10. The Labute approximate surface area is 148 Å². The molecule has 134 valence electrons. The third-order valence-electron chi connectivity index (χ3n) is 4.10. The van der Waals surface area contributed by atoms with Crippen LogP contribution in [-0.2, 0) is 11.3 Å². The molecule has 8 nitrogen and oxygen atoms in total. The molecule has 1 aliphatic heterocycles. The van der Waals surface area contributed by atoms with Gasteiger partial charge in [0.1, 0.15) is 0 Å². The zero-order valence-corrected chi connectivity index (χ0v) is 14.2. The van der Waals surface area contributed by atoms with Gasteiger partial charge in [-0.1, -0.05) is 6.07 Å². The zero-order valence-electron chi connectivity index (χ0n) is 14.2. The maximum Gasteiger partial charge on any atom is 0.323 e. The molecule has 8 heteroatoms. The number of ether oxygens (including phenoxy) is 2. The van der Waals surface area contributed by atoms with Crippen LogP contribution in [0.1, 0.15) is 5.56 Å². The fourth-order valence-corrected chi connectivity index (χ4v) is 2.96. The van der Waals surface area contributed by atoms with Crippen LogP contribution in [0.2, 0.25) is 0 Å². The normalized spacial score (nSPS) is 12.7. The minimum absolute atomic E-state index is 0.134. The summed E-state index contributed by atoms with van der Waals surface area (Å²) in [6, 6.07) is 11.0. The first-order chi connectivity index (χ1) is 12.6. The highest BCUT2D eigenvalue weighted by Gasteiger charge is 2.14. The lowest BCUT2D eigenvalue weighted by molar-refractivity contribution is -0.117. The number of amides is 1. The van der Waals surface area contributed by atoms with Crippen molar-refractivity contribution in [1.29, 1.82) is 0 Å². The van der Waals surface area contributed by atoms with Gasteiger partial charge in [0.15, 0.2) is 11.5 Å². The van der Waals surface area contributed by atoms with E-state index >= 15 is 0 Å². The number of aromatic amines is 2. The fraction of sp³-hybridized carbons (Fsp3) is 0.222. The molecule has 0 spiro atoms. The van der Waals surface area contributed by atoms with Gasteiger partial charge in [-0.2, -0.15) is 0 Å². The van der Waals surface area contributed by atoms with Crippen LogP contribution in [-0.4, -0.2) is 41.2 Å². The Hall–Kier alpha value is -3.26. The van der Waals surface area contributed by atoms with E-state index in [1.165, 1.54) is 0 Å². The summed E-state index contributed by atoms with van der Waals surface area (Å²) in [5.74, 6) is 1.34. The van der Waals surface area contributed by atoms with Crippen LogP contribution in [0.25, 0.3) is 11.0 Å². The third-order valence-corrected chi connectivity index (χ3v) is 4.10. The van der Waals surface area contributed by atoms with Gasteiger partial charge in [0.25, 0.3) is 0 Å². The van der Waals surface area contributed by atoms with Gasteiger partial charge in [0, 0.05) is 12.2 Å². The van der Waals surface area contributed by atoms with Crippen LogP contribution in [0, 0.1) is 0 Å². The van der Waals surface area contributed by atoms with Crippen LogP contribution in [0.4, 0.5) is 5.69 Å². The summed E-state index contributed by atoms with van der Waals surface area (Å²) >= 11 is 0. The van der Waals surface area contributed by atoms with Crippen molar-refractivity contribution in [3.63, 3.8) is 0 Å². The van der Waals surface area contributed by atoms with Crippen LogP contribution < -0.4 is 20.5 Å². The van der Waals surface area contributed by atoms with Gasteiger partial charge < -0.3 is 24.8 Å². The third kappa shape index (κ3) is 3.40. The number of carbonyl (C=O) groups excluding carboxylic acids is 1. The Balaban J connectivity index is 1.36. The number of hydrogen-bond donors (Lipinski definition) is 3. The highest BCUT2D eigenvalue weighted by atomic mass is 16.7. The van der Waals surface area contributed by atoms with Crippen LogP contribution >= 0.6 is 0 Å². The Morgan fingerprint density at radius 3 is 2.81 bits per heavy atom. The highest BCUT2D eigenvalue weighted by molar-refractivity contribution is 5.94. The summed E-state index contributed by atoms with van der Waals surface area (Å²) in [6.45, 7) is 1.08. The van der Waals surface area contributed by atoms with Crippen molar-refractivity contribution in [3.8, 4) is 11.5 Å². The standard InChI is InChI=1S/C18H18N4O4/c1-22(8-11-2-5-15-16(6-11)26-10-25-15)9-17(23)19-12-3-4-13-14(7-12)21-18(24)20-13/h2-7H,8-10H2,1H3,(H,19,23)(H2,20,21,24). The average molecular weight is 354 g/mol. The molecule has 0 radical (unpaired) electrons. The van der Waals surface area contributed by atoms with Gasteiger partial charge in [-0.15, -0.1) is 0 Å². The molecule has 0 bridgehead atoms. The monoisotopic (exact) mass is 354 g/mol. The molecule has 3 aromatic rings. The number of nitrogens with one attached hydrogen (secondary N) is 3. The lowest BCUT2D eigenvalue weighted by atomic mass is 10.2. The van der Waals surface area contributed by atoms with E-state index in [4.69, 9.17) is 9.47 Å². The number of fused-ring (bicyclic) bond motifs is 2. The number of hydrogen-bond acceptors (Lipinski definition) is 5. The highest BCUT2D eigenvalue weighted by Crippen LogP contribution is 2.32. The molecule has 1 aromatic heterocycles. The predicted octanol–water partition coefficient (Wildman–Crippen LogP) is 1.66. The molecule has 3 N–H and O–H groups in total. The molecule has 26 heavy (non-hydrogen) atoms. The topological polar surface area (TPSA) is 99.5 Å². The minimum Gasteiger partial charge on any atom is -0.454 e. The second-order valence-corrected chi connectivity index (χ2v) is 6.25. The number of benzene rings is 2. The van der Waals surface area contributed by atoms with Crippen molar-refractivity contribution in [2.24, 2.45) is 0 Å². The van der Waals surface area contributed by atoms with Crippen LogP contribution in [0.5, 0.6) is 11.5 Å². The van der Waals surface area contributed by atoms with Gasteiger partial charge in [-0.05, 0) is 42.9 Å². The molecule has 0 saturated carbocycles. The molecule has 0 atom stereocenters. The van der Waals surface area contributed by atoms with Crippen molar-refractivity contribution in [3.05, 3.63) is 52.4 Å². The minimum atomic E-state index is -0.271. The number of rotatable bonds is 5. The molecule has 4 rings (SSSR count). The van der Waals surface area contributed by atoms with Gasteiger partial charge >= 0.3 is 5.69 Å². The van der Waals surface area contributed by atoms with Gasteiger partial charge in [0.2, 0.25) is 12.7 Å². The summed E-state index contributed by atoms with van der Waals surface area (Å²) in [5.41, 5.74) is 2.76. The summed E-state index contributed by atoms with van der Waals surface area (Å²) in [5, 5.41) is 2.84. The quantitative estimate of drug-likeness (QED) is 0.647. The number of H-pyrrole nitrogens is 2. The van der Waals surface area contributed by atoms with Crippen molar-refractivity contribution in [2.75, 3.05) is 25.7 Å². The molecule has 1 aliphatic rings. The van der Waals surface area contributed by atoms with E-state index in [1.54, 1.807) is 18.2 Å². The molecule has 2 aromatic carbocycles. The Bertz CT molecular complexity index is 1020. The molecule has 1 amide bonds. The fourth-order valence-electron chi connectivity index (χ4n) is 2.96. The van der Waals surface area contributed by atoms with E-state index in [9.17, 15) is 9.59 Å². The SMILES string of the molecule is CN(CC(=O)Nc1ccc2[nH]c(=O)[nH]c2c1)Cc1ccc2c(c1)OCO2. The van der Waals surface area contributed by atoms with Crippen LogP contribution in [0.3, 0.4) is 0 Å².